The molecule has 0 saturated heterocycles. The van der Waals surface area contributed by atoms with Gasteiger partial charge in [-0.2, -0.15) is 0 Å². The molecule has 1 saturated carbocycles. The summed E-state index contributed by atoms with van der Waals surface area (Å²) < 4.78 is 34.4. The summed E-state index contributed by atoms with van der Waals surface area (Å²) in [6.07, 6.45) is 11.0. The van der Waals surface area contributed by atoms with Crippen LogP contribution in [-0.2, 0) is 12.8 Å². The van der Waals surface area contributed by atoms with Crippen LogP contribution >= 0.6 is 0 Å². The molecular weight excluding hydrogens is 394 g/mol. The van der Waals surface area contributed by atoms with Gasteiger partial charge in [0, 0.05) is 0 Å². The van der Waals surface area contributed by atoms with E-state index in [1.165, 1.54) is 57.1 Å². The van der Waals surface area contributed by atoms with Crippen LogP contribution in [0.4, 0.5) is 8.78 Å². The van der Waals surface area contributed by atoms with Gasteiger partial charge in [0.2, 0.25) is 0 Å². The van der Waals surface area contributed by atoms with Gasteiger partial charge in [-0.25, -0.2) is 13.6 Å². The quantitative estimate of drug-likeness (QED) is 0.302. The Morgan fingerprint density at radius 1 is 0.903 bits per heavy atom. The Bertz CT molecular complexity index is 852. The largest absolute Gasteiger partial charge is 0.423 e. The van der Waals surface area contributed by atoms with Crippen LogP contribution in [0.5, 0.6) is 5.75 Å². The second kappa shape index (κ2) is 11.4. The fourth-order valence-corrected chi connectivity index (χ4v) is 4.56. The van der Waals surface area contributed by atoms with E-state index in [0.29, 0.717) is 23.7 Å². The van der Waals surface area contributed by atoms with Crippen LogP contribution in [0.3, 0.4) is 0 Å². The van der Waals surface area contributed by atoms with Crippen LogP contribution in [0, 0.1) is 23.5 Å². The number of halogens is 2. The Hall–Kier alpha value is -2.23. The summed E-state index contributed by atoms with van der Waals surface area (Å²) in [4.78, 5) is 12.3. The molecule has 0 unspecified atom stereocenters. The molecule has 1 aliphatic carbocycles. The third-order valence-electron chi connectivity index (χ3n) is 6.68. The van der Waals surface area contributed by atoms with Gasteiger partial charge in [0.05, 0.1) is 5.56 Å². The van der Waals surface area contributed by atoms with Crippen LogP contribution in [0.25, 0.3) is 0 Å². The highest BCUT2D eigenvalue weighted by atomic mass is 19.2. The molecular formula is C27H34F2O2. The Labute approximate surface area is 185 Å². The molecule has 1 fully saturated rings. The van der Waals surface area contributed by atoms with Crippen molar-refractivity contribution in [1.82, 2.24) is 0 Å². The molecule has 2 aromatic rings. The Morgan fingerprint density at radius 3 is 2.16 bits per heavy atom. The first kappa shape index (κ1) is 23.4. The highest BCUT2D eigenvalue weighted by Crippen LogP contribution is 2.34. The van der Waals surface area contributed by atoms with E-state index in [1.54, 1.807) is 12.1 Å². The summed E-state index contributed by atoms with van der Waals surface area (Å²) in [5, 5.41) is 0. The Morgan fingerprint density at radius 2 is 1.55 bits per heavy atom. The average molecular weight is 429 g/mol. The maximum Gasteiger partial charge on any atom is 0.346 e. The number of ether oxygens (including phenoxy) is 1. The van der Waals surface area contributed by atoms with Gasteiger partial charge in [0.15, 0.2) is 11.6 Å². The number of unbranched alkanes of at least 4 members (excludes halogenated alkanes) is 1. The minimum Gasteiger partial charge on any atom is -0.423 e. The molecule has 0 atom stereocenters. The van der Waals surface area contributed by atoms with Gasteiger partial charge in [-0.3, -0.25) is 0 Å². The molecule has 0 heterocycles. The summed E-state index contributed by atoms with van der Waals surface area (Å²) in [6.45, 7) is 4.26. The Balaban J connectivity index is 1.55. The van der Waals surface area contributed by atoms with Crippen molar-refractivity contribution >= 4 is 5.97 Å². The third-order valence-corrected chi connectivity index (χ3v) is 6.68. The third kappa shape index (κ3) is 6.38. The summed E-state index contributed by atoms with van der Waals surface area (Å²) in [6, 6.07) is 9.90. The van der Waals surface area contributed by atoms with E-state index in [1.807, 2.05) is 19.1 Å². The smallest absolute Gasteiger partial charge is 0.346 e. The van der Waals surface area contributed by atoms with Crippen LogP contribution in [0.2, 0.25) is 0 Å². The number of rotatable bonds is 9. The first-order valence-corrected chi connectivity index (χ1v) is 11.8. The van der Waals surface area contributed by atoms with E-state index < -0.39 is 17.6 Å². The number of carbonyl (C=O) groups excluding carboxylic acids is 1. The highest BCUT2D eigenvalue weighted by Gasteiger charge is 2.23. The molecule has 0 radical (unpaired) electrons. The molecule has 4 heteroatoms. The van der Waals surface area contributed by atoms with Gasteiger partial charge < -0.3 is 4.74 Å². The fourth-order valence-electron chi connectivity index (χ4n) is 4.56. The number of esters is 1. The monoisotopic (exact) mass is 428 g/mol. The lowest BCUT2D eigenvalue weighted by Crippen LogP contribution is -2.16. The van der Waals surface area contributed by atoms with Crippen molar-refractivity contribution in [2.45, 2.75) is 78.1 Å². The lowest BCUT2D eigenvalue weighted by molar-refractivity contribution is 0.0728. The van der Waals surface area contributed by atoms with Gasteiger partial charge in [-0.1, -0.05) is 77.0 Å². The standard InChI is InChI=1S/C27H34F2O2/c1-3-5-6-20-7-9-21(10-8-20)11-14-22-15-18-24(26(29)25(22)28)27(30)31-23-16-12-19(4-2)13-17-23/h12-13,15-18,20-21H,3-11,14H2,1-2H3. The van der Waals surface area contributed by atoms with Crippen molar-refractivity contribution in [2.24, 2.45) is 11.8 Å². The number of hydrogen-bond donors (Lipinski definition) is 0. The van der Waals surface area contributed by atoms with E-state index in [4.69, 9.17) is 4.74 Å². The van der Waals surface area contributed by atoms with Gasteiger partial charge >= 0.3 is 5.97 Å². The number of carbonyl (C=O) groups is 1. The van der Waals surface area contributed by atoms with Crippen molar-refractivity contribution in [2.75, 3.05) is 0 Å². The molecule has 0 bridgehead atoms. The zero-order chi connectivity index (χ0) is 22.2. The molecule has 0 aromatic heterocycles. The van der Waals surface area contributed by atoms with Gasteiger partial charge in [-0.15, -0.1) is 0 Å². The first-order valence-electron chi connectivity index (χ1n) is 11.8. The summed E-state index contributed by atoms with van der Waals surface area (Å²) >= 11 is 0. The zero-order valence-corrected chi connectivity index (χ0v) is 18.8. The molecule has 1 aliphatic rings. The SMILES string of the molecule is CCCCC1CCC(CCc2ccc(C(=O)Oc3ccc(CC)cc3)c(F)c2F)CC1. The predicted octanol–water partition coefficient (Wildman–Crippen LogP) is 7.68. The zero-order valence-electron chi connectivity index (χ0n) is 18.8. The van der Waals surface area contributed by atoms with Crippen LogP contribution < -0.4 is 4.74 Å². The van der Waals surface area contributed by atoms with E-state index in [-0.39, 0.29) is 5.56 Å². The lowest BCUT2D eigenvalue weighted by Gasteiger charge is -2.28. The number of hydrogen-bond acceptors (Lipinski definition) is 2. The summed E-state index contributed by atoms with van der Waals surface area (Å²) in [5.41, 5.74) is 1.09. The molecule has 31 heavy (non-hydrogen) atoms. The van der Waals surface area contributed by atoms with Crippen molar-refractivity contribution in [1.29, 1.82) is 0 Å². The molecule has 0 spiro atoms. The van der Waals surface area contributed by atoms with E-state index in [9.17, 15) is 13.6 Å². The maximum atomic E-state index is 14.6. The van der Waals surface area contributed by atoms with E-state index in [0.717, 1.165) is 24.3 Å². The van der Waals surface area contributed by atoms with Crippen molar-refractivity contribution in [3.05, 3.63) is 64.7 Å². The van der Waals surface area contributed by atoms with Crippen LogP contribution in [-0.4, -0.2) is 5.97 Å². The molecule has 0 aliphatic heterocycles. The van der Waals surface area contributed by atoms with Crippen molar-refractivity contribution in [3.8, 4) is 5.75 Å². The molecule has 0 N–H and O–H groups in total. The topological polar surface area (TPSA) is 26.3 Å². The number of benzene rings is 2. The second-order valence-electron chi connectivity index (χ2n) is 8.85. The second-order valence-corrected chi connectivity index (χ2v) is 8.85. The van der Waals surface area contributed by atoms with Gasteiger partial charge in [-0.05, 0) is 60.4 Å². The highest BCUT2D eigenvalue weighted by molar-refractivity contribution is 5.91. The van der Waals surface area contributed by atoms with Gasteiger partial charge in [0.1, 0.15) is 5.75 Å². The van der Waals surface area contributed by atoms with Crippen LogP contribution in [0.15, 0.2) is 36.4 Å². The molecule has 0 amide bonds. The van der Waals surface area contributed by atoms with Crippen LogP contribution in [0.1, 0.15) is 86.7 Å². The van der Waals surface area contributed by atoms with Crippen molar-refractivity contribution < 1.29 is 18.3 Å². The maximum absolute atomic E-state index is 14.6. The minimum atomic E-state index is -1.11. The molecule has 168 valence electrons. The fraction of sp³-hybridized carbons (Fsp3) is 0.519. The predicted molar refractivity (Wildman–Crippen MR) is 120 cm³/mol. The van der Waals surface area contributed by atoms with Gasteiger partial charge in [0.25, 0.3) is 0 Å². The molecule has 3 rings (SSSR count). The van der Waals surface area contributed by atoms with Crippen molar-refractivity contribution in [3.63, 3.8) is 0 Å². The average Bonchev–Trinajstić information content (AvgIpc) is 2.79. The summed E-state index contributed by atoms with van der Waals surface area (Å²) in [7, 11) is 0. The molecule has 2 nitrogen and oxygen atoms in total. The first-order chi connectivity index (χ1) is 15.0. The lowest BCUT2D eigenvalue weighted by atomic mass is 9.78. The van der Waals surface area contributed by atoms with E-state index >= 15 is 0 Å². The minimum absolute atomic E-state index is 0.320. The number of aryl methyl sites for hydroxylation is 2. The van der Waals surface area contributed by atoms with E-state index in [2.05, 4.69) is 6.92 Å². The molecule has 2 aromatic carbocycles. The Kier molecular flexibility index (Phi) is 8.62. The summed E-state index contributed by atoms with van der Waals surface area (Å²) in [5.74, 6) is -1.17. The normalized spacial score (nSPS) is 18.7.